The van der Waals surface area contributed by atoms with Crippen LogP contribution in [0.5, 0.6) is 0 Å². The number of nitrogens with zero attached hydrogens (tertiary/aromatic N) is 2. The van der Waals surface area contributed by atoms with Gasteiger partial charge in [0.25, 0.3) is 11.8 Å². The number of aromatic nitrogens is 1. The number of carbonyl (C=O) groups excluding carboxylic acids is 4. The van der Waals surface area contributed by atoms with Crippen molar-refractivity contribution in [3.63, 3.8) is 0 Å². The highest BCUT2D eigenvalue weighted by Crippen LogP contribution is 2.22. The molecule has 0 aliphatic heterocycles. The van der Waals surface area contributed by atoms with Crippen molar-refractivity contribution >= 4 is 36.1 Å². The third-order valence-electron chi connectivity index (χ3n) is 7.03. The van der Waals surface area contributed by atoms with E-state index in [4.69, 9.17) is 5.11 Å². The second-order valence-corrected chi connectivity index (χ2v) is 10.2. The van der Waals surface area contributed by atoms with Crippen LogP contribution in [-0.4, -0.2) is 80.3 Å². The van der Waals surface area contributed by atoms with Crippen LogP contribution in [0.3, 0.4) is 0 Å². The van der Waals surface area contributed by atoms with Gasteiger partial charge in [-0.15, -0.1) is 0 Å². The van der Waals surface area contributed by atoms with Crippen LogP contribution in [0.2, 0.25) is 0 Å². The first-order chi connectivity index (χ1) is 20.9. The molecule has 0 aliphatic rings. The molecule has 1 aromatic carbocycles. The molecule has 0 bridgehead atoms. The largest absolute Gasteiger partial charge is 0.481 e. The number of hydrogen-bond acceptors (Lipinski definition) is 8. The zero-order valence-corrected chi connectivity index (χ0v) is 24.9. The molecule has 0 unspecified atom stereocenters. The number of aliphatic carboxylic acids is 2. The van der Waals surface area contributed by atoms with E-state index in [1.807, 2.05) is 6.92 Å². The van der Waals surface area contributed by atoms with E-state index >= 15 is 0 Å². The highest BCUT2D eigenvalue weighted by atomic mass is 16.5. The molecule has 0 aliphatic carbocycles. The lowest BCUT2D eigenvalue weighted by atomic mass is 9.90. The summed E-state index contributed by atoms with van der Waals surface area (Å²) in [4.78, 5) is 76.1. The maximum absolute atomic E-state index is 12.9. The highest BCUT2D eigenvalue weighted by Gasteiger charge is 2.30. The highest BCUT2D eigenvalue weighted by molar-refractivity contribution is 5.99. The Morgan fingerprint density at radius 2 is 1.73 bits per heavy atom. The molecular weight excluding hydrogens is 574 g/mol. The fraction of sp³-hybridized carbons (Fsp3) is 0.433. The first-order valence-corrected chi connectivity index (χ1v) is 14.2. The molecule has 0 radical (unpaired) electrons. The fourth-order valence-electron chi connectivity index (χ4n) is 4.69. The Hall–Kier alpha value is -4.85. The van der Waals surface area contributed by atoms with Crippen molar-refractivity contribution in [3.8, 4) is 11.3 Å². The second-order valence-electron chi connectivity index (χ2n) is 10.2. The molecule has 4 amide bonds. The number of nitrogens with one attached hydrogen (secondary N) is 3. The van der Waals surface area contributed by atoms with E-state index in [-0.39, 0.29) is 24.3 Å². The second kappa shape index (κ2) is 17.3. The number of amides is 4. The average Bonchev–Trinajstić information content (AvgIpc) is 2.99. The van der Waals surface area contributed by atoms with Gasteiger partial charge in [0.05, 0.1) is 30.7 Å². The average molecular weight is 614 g/mol. The van der Waals surface area contributed by atoms with Crippen LogP contribution in [0.4, 0.5) is 0 Å². The van der Waals surface area contributed by atoms with Gasteiger partial charge in [-0.1, -0.05) is 45.2 Å². The predicted molar refractivity (Wildman–Crippen MR) is 157 cm³/mol. The van der Waals surface area contributed by atoms with Crippen molar-refractivity contribution in [3.05, 3.63) is 53.2 Å². The van der Waals surface area contributed by atoms with Crippen LogP contribution in [-0.2, 0) is 19.2 Å². The number of benzene rings is 1. The topological polar surface area (TPSA) is 215 Å². The van der Waals surface area contributed by atoms with Crippen molar-refractivity contribution in [2.24, 2.45) is 5.92 Å². The normalized spacial score (nSPS) is 12.7. The Balaban J connectivity index is 2.09. The molecule has 0 fully saturated rings. The Labute approximate surface area is 254 Å². The predicted octanol–water partition coefficient (Wildman–Crippen LogP) is 2.34. The minimum Gasteiger partial charge on any atom is -0.481 e. The minimum atomic E-state index is -1.60. The summed E-state index contributed by atoms with van der Waals surface area (Å²) in [6.07, 6.45) is 2.88. The number of aryl methyl sites for hydroxylation is 1. The molecule has 2 aromatic rings. The van der Waals surface area contributed by atoms with E-state index in [1.165, 1.54) is 12.1 Å². The smallest absolute Gasteiger partial charge is 0.326 e. The molecule has 1 aromatic heterocycles. The van der Waals surface area contributed by atoms with Gasteiger partial charge in [0.2, 0.25) is 12.3 Å². The van der Waals surface area contributed by atoms with Gasteiger partial charge < -0.3 is 26.2 Å². The van der Waals surface area contributed by atoms with Crippen LogP contribution >= 0.6 is 0 Å². The molecule has 0 spiro atoms. The molecule has 14 heteroatoms. The monoisotopic (exact) mass is 613 g/mol. The fourth-order valence-corrected chi connectivity index (χ4v) is 4.69. The van der Waals surface area contributed by atoms with Gasteiger partial charge in [-0.25, -0.2) is 14.8 Å². The molecule has 1 heterocycles. The van der Waals surface area contributed by atoms with E-state index in [0.717, 1.165) is 19.3 Å². The van der Waals surface area contributed by atoms with Crippen LogP contribution in [0.1, 0.15) is 78.8 Å². The summed E-state index contributed by atoms with van der Waals surface area (Å²) < 4.78 is 0. The first-order valence-electron chi connectivity index (χ1n) is 14.2. The summed E-state index contributed by atoms with van der Waals surface area (Å²) in [5.74, 6) is -5.23. The summed E-state index contributed by atoms with van der Waals surface area (Å²) >= 11 is 0. The van der Waals surface area contributed by atoms with E-state index in [1.54, 1.807) is 38.1 Å². The summed E-state index contributed by atoms with van der Waals surface area (Å²) in [5, 5.41) is 36.0. The van der Waals surface area contributed by atoms with Crippen LogP contribution < -0.4 is 16.0 Å². The van der Waals surface area contributed by atoms with Gasteiger partial charge in [-0.2, -0.15) is 0 Å². The molecule has 6 N–H and O–H groups in total. The molecule has 2 rings (SSSR count). The third kappa shape index (κ3) is 10.2. The Morgan fingerprint density at radius 1 is 1.00 bits per heavy atom. The van der Waals surface area contributed by atoms with Gasteiger partial charge in [-0.3, -0.25) is 29.2 Å². The van der Waals surface area contributed by atoms with Gasteiger partial charge >= 0.3 is 11.9 Å². The van der Waals surface area contributed by atoms with Crippen LogP contribution in [0.25, 0.3) is 11.3 Å². The van der Waals surface area contributed by atoms with Crippen LogP contribution in [0, 0.1) is 12.8 Å². The van der Waals surface area contributed by atoms with Gasteiger partial charge in [-0.05, 0) is 49.6 Å². The number of carboxylic acids is 2. The molecule has 0 saturated heterocycles. The molecule has 44 heavy (non-hydrogen) atoms. The third-order valence-corrected chi connectivity index (χ3v) is 7.03. The quantitative estimate of drug-likeness (QED) is 0.0474. The number of unbranched alkanes of at least 4 members (excludes halogenated alkanes) is 2. The Kier molecular flexibility index (Phi) is 13.9. The van der Waals surface area contributed by atoms with Crippen molar-refractivity contribution in [1.82, 2.24) is 26.0 Å². The Morgan fingerprint density at radius 3 is 2.32 bits per heavy atom. The summed E-state index contributed by atoms with van der Waals surface area (Å²) in [5.41, 5.74) is 1.64. The summed E-state index contributed by atoms with van der Waals surface area (Å²) in [6, 6.07) is 7.08. The number of rotatable bonds is 18. The van der Waals surface area contributed by atoms with Gasteiger partial charge in [0.15, 0.2) is 0 Å². The number of carbonyl (C=O) groups is 6. The van der Waals surface area contributed by atoms with Crippen molar-refractivity contribution < 1.29 is 44.2 Å². The summed E-state index contributed by atoms with van der Waals surface area (Å²) in [7, 11) is 0. The van der Waals surface area contributed by atoms with Crippen molar-refractivity contribution in [2.75, 3.05) is 6.67 Å². The standard InChI is InChI=1S/C30H39N5O9/c1-4-6-7-9-21(25(5-2)35(44)17-36)27(39)31-16-32-29(41)23-11-8-10-22(33-23)19-12-13-20(18(3)14-19)28(40)34-24(30(42)43)15-26(37)38/h8,10-14,17,21,24-25,44H,4-7,9,15-16H2,1-3H3,(H,31,39)(H,32,41)(H,34,40)(H,37,38)(H,42,43)/t21-,24+,25-/m1/s1. The van der Waals surface area contributed by atoms with Gasteiger partial charge in [0.1, 0.15) is 11.7 Å². The van der Waals surface area contributed by atoms with E-state index in [0.29, 0.717) is 34.7 Å². The SMILES string of the molecule is CCCCC[C@@H](C(=O)NCNC(=O)c1cccc(-c2ccc(C(=O)N[C@@H](CC(=O)O)C(=O)O)c(C)c2)n1)[C@@H](CC)N(O)C=O. The zero-order valence-electron chi connectivity index (χ0n) is 24.9. The molecule has 0 saturated carbocycles. The maximum Gasteiger partial charge on any atom is 0.326 e. The molecule has 14 nitrogen and oxygen atoms in total. The minimum absolute atomic E-state index is 0.0580. The van der Waals surface area contributed by atoms with Gasteiger partial charge in [0, 0.05) is 11.1 Å². The van der Waals surface area contributed by atoms with E-state index in [2.05, 4.69) is 20.9 Å². The van der Waals surface area contributed by atoms with Crippen molar-refractivity contribution in [1.29, 1.82) is 0 Å². The lowest BCUT2D eigenvalue weighted by Crippen LogP contribution is -2.47. The number of hydrogen-bond donors (Lipinski definition) is 6. The first kappa shape index (κ1) is 35.3. The number of pyridine rings is 1. The van der Waals surface area contributed by atoms with E-state index < -0.39 is 54.1 Å². The molecule has 3 atom stereocenters. The lowest BCUT2D eigenvalue weighted by Gasteiger charge is -2.29. The Bertz CT molecular complexity index is 1350. The number of hydroxylamine groups is 2. The molecule has 238 valence electrons. The molecular formula is C30H39N5O9. The summed E-state index contributed by atoms with van der Waals surface area (Å²) in [6.45, 7) is 5.20. The zero-order chi connectivity index (χ0) is 32.8. The van der Waals surface area contributed by atoms with Crippen molar-refractivity contribution in [2.45, 2.75) is 71.4 Å². The number of carboxylic acid groups (broad SMARTS) is 2. The lowest BCUT2D eigenvalue weighted by molar-refractivity contribution is -0.168. The van der Waals surface area contributed by atoms with E-state index in [9.17, 15) is 39.1 Å². The maximum atomic E-state index is 12.9. The van der Waals surface area contributed by atoms with Crippen LogP contribution in [0.15, 0.2) is 36.4 Å².